The van der Waals surface area contributed by atoms with Gasteiger partial charge in [0.1, 0.15) is 22.4 Å². The molecule has 88 valence electrons. The molecule has 5 nitrogen and oxygen atoms in total. The minimum Gasteiger partial charge on any atom is -0.148 e. The smallest absolute Gasteiger partial charge is 0.135 e. The Hall–Kier alpha value is -2.56. The van der Waals surface area contributed by atoms with Crippen molar-refractivity contribution < 1.29 is 0 Å². The highest BCUT2D eigenvalue weighted by Gasteiger charge is 2.09. The third-order valence-electron chi connectivity index (χ3n) is 2.73. The lowest BCUT2D eigenvalue weighted by Crippen LogP contribution is -1.99. The molecule has 0 spiro atoms. The van der Waals surface area contributed by atoms with E-state index in [0.29, 0.717) is 11.4 Å². The summed E-state index contributed by atoms with van der Waals surface area (Å²) >= 11 is 0. The highest BCUT2D eigenvalue weighted by atomic mass is 16.3. The number of hydrogen-bond acceptors (Lipinski definition) is 4. The Morgan fingerprint density at radius 2 is 1.72 bits per heavy atom. The van der Waals surface area contributed by atoms with Gasteiger partial charge in [0.25, 0.3) is 0 Å². The number of fused-ring (bicyclic) bond motifs is 1. The van der Waals surface area contributed by atoms with Crippen molar-refractivity contribution in [3.8, 4) is 5.69 Å². The lowest BCUT2D eigenvalue weighted by Gasteiger charge is -2.02. The molecule has 0 fully saturated rings. The van der Waals surface area contributed by atoms with Gasteiger partial charge < -0.3 is 0 Å². The van der Waals surface area contributed by atoms with Crippen LogP contribution in [-0.4, -0.2) is 15.0 Å². The molecule has 3 rings (SSSR count). The summed E-state index contributed by atoms with van der Waals surface area (Å²) in [6, 6.07) is 12.9. The summed E-state index contributed by atoms with van der Waals surface area (Å²) < 4.78 is 0. The predicted octanol–water partition coefficient (Wildman–Crippen LogP) is 3.13. The van der Waals surface area contributed by atoms with E-state index in [9.17, 15) is 4.91 Å². The van der Waals surface area contributed by atoms with Crippen molar-refractivity contribution in [2.45, 2.75) is 6.92 Å². The Kier molecular flexibility index (Phi) is 2.37. The number of aromatic nitrogens is 3. The molecule has 0 N–H and O–H groups in total. The molecule has 0 amide bonds. The molecular formula is C13H10N4O. The summed E-state index contributed by atoms with van der Waals surface area (Å²) in [5, 5.41) is 11.7. The van der Waals surface area contributed by atoms with Gasteiger partial charge in [0, 0.05) is 0 Å². The molecule has 0 radical (unpaired) electrons. The fourth-order valence-electron chi connectivity index (χ4n) is 1.84. The zero-order chi connectivity index (χ0) is 12.5. The fraction of sp³-hybridized carbons (Fsp3) is 0.0769. The highest BCUT2D eigenvalue weighted by molar-refractivity contribution is 5.74. The molecule has 3 aromatic rings. The first-order valence-electron chi connectivity index (χ1n) is 5.54. The van der Waals surface area contributed by atoms with E-state index in [4.69, 9.17) is 0 Å². The Balaban J connectivity index is 2.25. The number of benzene rings is 2. The van der Waals surface area contributed by atoms with Crippen molar-refractivity contribution in [2.75, 3.05) is 0 Å². The lowest BCUT2D eigenvalue weighted by atomic mass is 10.2. The Labute approximate surface area is 103 Å². The van der Waals surface area contributed by atoms with Crippen LogP contribution in [0.4, 0.5) is 5.69 Å². The van der Waals surface area contributed by atoms with E-state index in [1.807, 2.05) is 43.3 Å². The van der Waals surface area contributed by atoms with Crippen molar-refractivity contribution in [1.29, 1.82) is 0 Å². The maximum atomic E-state index is 10.8. The largest absolute Gasteiger partial charge is 0.148 e. The van der Waals surface area contributed by atoms with Crippen LogP contribution in [0.25, 0.3) is 16.7 Å². The van der Waals surface area contributed by atoms with E-state index < -0.39 is 0 Å². The summed E-state index contributed by atoms with van der Waals surface area (Å²) in [5.74, 6) is 0. The molecule has 0 saturated carbocycles. The average Bonchev–Trinajstić information content (AvgIpc) is 2.82. The Morgan fingerprint density at radius 3 is 2.33 bits per heavy atom. The minimum atomic E-state index is 0.334. The van der Waals surface area contributed by atoms with E-state index in [1.54, 1.807) is 6.07 Å². The summed E-state index contributed by atoms with van der Waals surface area (Å²) in [7, 11) is 0. The third kappa shape index (κ3) is 1.66. The van der Waals surface area contributed by atoms with Crippen molar-refractivity contribution in [2.24, 2.45) is 5.18 Å². The maximum absolute atomic E-state index is 10.8. The van der Waals surface area contributed by atoms with Crippen LogP contribution in [0.1, 0.15) is 5.56 Å². The van der Waals surface area contributed by atoms with Crippen molar-refractivity contribution in [3.05, 3.63) is 52.9 Å². The number of aryl methyl sites for hydroxylation is 1. The van der Waals surface area contributed by atoms with Crippen LogP contribution >= 0.6 is 0 Å². The van der Waals surface area contributed by atoms with Crippen molar-refractivity contribution in [3.63, 3.8) is 0 Å². The molecule has 0 aliphatic rings. The SMILES string of the molecule is Cc1ccc(N=O)c(-n2nc3ccccc3n2)c1. The van der Waals surface area contributed by atoms with Gasteiger partial charge in [0.2, 0.25) is 0 Å². The summed E-state index contributed by atoms with van der Waals surface area (Å²) in [5.41, 5.74) is 3.53. The van der Waals surface area contributed by atoms with Gasteiger partial charge in [-0.3, -0.25) is 0 Å². The first-order valence-corrected chi connectivity index (χ1v) is 5.54. The van der Waals surface area contributed by atoms with Crippen LogP contribution in [0.3, 0.4) is 0 Å². The van der Waals surface area contributed by atoms with Crippen LogP contribution in [0.5, 0.6) is 0 Å². The van der Waals surface area contributed by atoms with Crippen LogP contribution in [0.2, 0.25) is 0 Å². The molecule has 0 bridgehead atoms. The first-order chi connectivity index (χ1) is 8.78. The van der Waals surface area contributed by atoms with Gasteiger partial charge in [-0.15, -0.1) is 19.9 Å². The number of nitrogens with zero attached hydrogens (tertiary/aromatic N) is 4. The zero-order valence-corrected chi connectivity index (χ0v) is 9.74. The van der Waals surface area contributed by atoms with E-state index in [1.165, 1.54) is 4.80 Å². The highest BCUT2D eigenvalue weighted by Crippen LogP contribution is 2.24. The van der Waals surface area contributed by atoms with Gasteiger partial charge in [-0.25, -0.2) is 0 Å². The quantitative estimate of drug-likeness (QED) is 0.644. The normalized spacial score (nSPS) is 10.7. The van der Waals surface area contributed by atoms with E-state index in [-0.39, 0.29) is 0 Å². The number of rotatable bonds is 2. The van der Waals surface area contributed by atoms with Crippen molar-refractivity contribution >= 4 is 16.7 Å². The third-order valence-corrected chi connectivity index (χ3v) is 2.73. The molecule has 1 aromatic heterocycles. The standard InChI is InChI=1S/C13H10N4O/c1-9-6-7-12(16-18)13(8-9)17-14-10-4-2-3-5-11(10)15-17/h2-8H,1H3. The molecule has 0 aliphatic heterocycles. The maximum Gasteiger partial charge on any atom is 0.135 e. The first kappa shape index (κ1) is 10.6. The molecule has 5 heteroatoms. The van der Waals surface area contributed by atoms with E-state index in [0.717, 1.165) is 16.6 Å². The number of hydrogen-bond donors (Lipinski definition) is 0. The minimum absolute atomic E-state index is 0.334. The predicted molar refractivity (Wildman–Crippen MR) is 69.1 cm³/mol. The molecule has 1 heterocycles. The monoisotopic (exact) mass is 238 g/mol. The van der Waals surface area contributed by atoms with Crippen LogP contribution in [-0.2, 0) is 0 Å². The van der Waals surface area contributed by atoms with Crippen LogP contribution < -0.4 is 0 Å². The van der Waals surface area contributed by atoms with Crippen LogP contribution in [0, 0.1) is 11.8 Å². The van der Waals surface area contributed by atoms with Gasteiger partial charge in [-0.1, -0.05) is 18.2 Å². The van der Waals surface area contributed by atoms with Gasteiger partial charge >= 0.3 is 0 Å². The molecule has 0 aliphatic carbocycles. The van der Waals surface area contributed by atoms with Crippen molar-refractivity contribution in [1.82, 2.24) is 15.0 Å². The second-order valence-electron chi connectivity index (χ2n) is 4.06. The van der Waals surface area contributed by atoms with Gasteiger partial charge in [0.15, 0.2) is 0 Å². The zero-order valence-electron chi connectivity index (χ0n) is 9.74. The molecule has 0 saturated heterocycles. The summed E-state index contributed by atoms with van der Waals surface area (Å²) in [4.78, 5) is 12.3. The molecule has 0 unspecified atom stereocenters. The fourth-order valence-corrected chi connectivity index (χ4v) is 1.84. The Bertz CT molecular complexity index is 700. The van der Waals surface area contributed by atoms with Gasteiger partial charge in [-0.05, 0) is 41.9 Å². The number of nitroso groups, excluding NO2 is 1. The van der Waals surface area contributed by atoms with E-state index >= 15 is 0 Å². The average molecular weight is 238 g/mol. The van der Waals surface area contributed by atoms with E-state index in [2.05, 4.69) is 15.4 Å². The molecule has 2 aromatic carbocycles. The van der Waals surface area contributed by atoms with Gasteiger partial charge in [-0.2, -0.15) is 0 Å². The topological polar surface area (TPSA) is 60.1 Å². The van der Waals surface area contributed by atoms with Gasteiger partial charge in [0.05, 0.1) is 0 Å². The summed E-state index contributed by atoms with van der Waals surface area (Å²) in [6.45, 7) is 1.95. The Morgan fingerprint density at radius 1 is 1.06 bits per heavy atom. The molecular weight excluding hydrogens is 228 g/mol. The lowest BCUT2D eigenvalue weighted by molar-refractivity contribution is 0.765. The second kappa shape index (κ2) is 4.03. The molecule has 0 atom stereocenters. The molecule has 18 heavy (non-hydrogen) atoms. The van der Waals surface area contributed by atoms with Crippen LogP contribution in [0.15, 0.2) is 47.6 Å². The summed E-state index contributed by atoms with van der Waals surface area (Å²) in [6.07, 6.45) is 0. The second-order valence-corrected chi connectivity index (χ2v) is 4.06.